The van der Waals surface area contributed by atoms with Crippen LogP contribution in [0, 0.1) is 13.8 Å². The molecule has 0 amide bonds. The van der Waals surface area contributed by atoms with Gasteiger partial charge in [0.15, 0.2) is 0 Å². The van der Waals surface area contributed by atoms with Crippen molar-refractivity contribution in [3.8, 4) is 5.75 Å². The zero-order valence-corrected chi connectivity index (χ0v) is 21.0. The molecular formula is C23H31N3O5S2. The lowest BCUT2D eigenvalue weighted by atomic mass is 10.1. The molecule has 8 nitrogen and oxygen atoms in total. The van der Waals surface area contributed by atoms with Crippen LogP contribution in [0.3, 0.4) is 0 Å². The van der Waals surface area contributed by atoms with Crippen LogP contribution >= 0.6 is 0 Å². The predicted octanol–water partition coefficient (Wildman–Crippen LogP) is 2.75. The number of anilines is 2. The lowest BCUT2D eigenvalue weighted by Gasteiger charge is -2.36. The van der Waals surface area contributed by atoms with E-state index in [1.165, 1.54) is 8.61 Å². The Bertz CT molecular complexity index is 1210. The van der Waals surface area contributed by atoms with Crippen LogP contribution in [0.1, 0.15) is 24.0 Å². The second-order valence-corrected chi connectivity index (χ2v) is 12.5. The van der Waals surface area contributed by atoms with Gasteiger partial charge in [0.1, 0.15) is 5.75 Å². The van der Waals surface area contributed by atoms with Crippen molar-refractivity contribution in [2.45, 2.75) is 31.6 Å². The van der Waals surface area contributed by atoms with Crippen LogP contribution in [0.15, 0.2) is 41.3 Å². The summed E-state index contributed by atoms with van der Waals surface area (Å²) in [6.07, 6.45) is 1.46. The number of methoxy groups -OCH3 is 1. The van der Waals surface area contributed by atoms with Crippen molar-refractivity contribution in [2.75, 3.05) is 54.8 Å². The first-order valence-electron chi connectivity index (χ1n) is 11.1. The number of sulfonamides is 2. The van der Waals surface area contributed by atoms with Crippen molar-refractivity contribution in [1.82, 2.24) is 4.31 Å². The van der Waals surface area contributed by atoms with Crippen LogP contribution in [-0.4, -0.2) is 66.7 Å². The van der Waals surface area contributed by atoms with Crippen LogP contribution in [0.4, 0.5) is 11.4 Å². The lowest BCUT2D eigenvalue weighted by molar-refractivity contribution is 0.378. The van der Waals surface area contributed by atoms with Gasteiger partial charge in [-0.2, -0.15) is 4.31 Å². The van der Waals surface area contributed by atoms with Gasteiger partial charge in [-0.3, -0.25) is 4.31 Å². The Morgan fingerprint density at radius 1 is 0.909 bits per heavy atom. The molecule has 2 aromatic rings. The quantitative estimate of drug-likeness (QED) is 0.637. The highest BCUT2D eigenvalue weighted by atomic mass is 32.2. The van der Waals surface area contributed by atoms with Crippen LogP contribution in [0.2, 0.25) is 0 Å². The third-order valence-electron chi connectivity index (χ3n) is 6.34. The van der Waals surface area contributed by atoms with E-state index in [4.69, 9.17) is 4.74 Å². The average molecular weight is 494 g/mol. The number of rotatable bonds is 5. The molecule has 0 aliphatic carbocycles. The monoisotopic (exact) mass is 493 g/mol. The number of benzene rings is 2. The van der Waals surface area contributed by atoms with Crippen molar-refractivity contribution in [1.29, 1.82) is 0 Å². The number of piperazine rings is 1. The van der Waals surface area contributed by atoms with Gasteiger partial charge >= 0.3 is 0 Å². The summed E-state index contributed by atoms with van der Waals surface area (Å²) in [5.41, 5.74) is 2.64. The topological polar surface area (TPSA) is 87.2 Å². The molecule has 33 heavy (non-hydrogen) atoms. The van der Waals surface area contributed by atoms with E-state index in [0.29, 0.717) is 56.0 Å². The second-order valence-electron chi connectivity index (χ2n) is 8.57. The summed E-state index contributed by atoms with van der Waals surface area (Å²) in [7, 11) is -5.44. The molecule has 0 aromatic heterocycles. The summed E-state index contributed by atoms with van der Waals surface area (Å²) in [6.45, 7) is 5.75. The first-order valence-corrected chi connectivity index (χ1v) is 14.2. The van der Waals surface area contributed by atoms with Crippen molar-refractivity contribution >= 4 is 31.4 Å². The summed E-state index contributed by atoms with van der Waals surface area (Å²) >= 11 is 0. The maximum absolute atomic E-state index is 13.6. The molecule has 10 heteroatoms. The maximum atomic E-state index is 13.6. The molecule has 180 valence electrons. The first-order chi connectivity index (χ1) is 15.6. The summed E-state index contributed by atoms with van der Waals surface area (Å²) in [5.74, 6) is 0.894. The van der Waals surface area contributed by atoms with E-state index in [2.05, 4.69) is 4.90 Å². The molecule has 0 saturated carbocycles. The van der Waals surface area contributed by atoms with Crippen LogP contribution in [0.5, 0.6) is 5.75 Å². The number of hydrogen-bond acceptors (Lipinski definition) is 6. The number of para-hydroxylation sites is 2. The van der Waals surface area contributed by atoms with Gasteiger partial charge in [0.2, 0.25) is 20.0 Å². The highest BCUT2D eigenvalue weighted by Gasteiger charge is 2.33. The molecule has 2 aliphatic heterocycles. The van der Waals surface area contributed by atoms with Gasteiger partial charge in [-0.05, 0) is 62.1 Å². The molecule has 0 N–H and O–H groups in total. The zero-order valence-electron chi connectivity index (χ0n) is 19.3. The molecular weight excluding hydrogens is 462 g/mol. The summed E-state index contributed by atoms with van der Waals surface area (Å²) in [6, 6.07) is 11.1. The number of aryl methyl sites for hydroxylation is 2. The van der Waals surface area contributed by atoms with Gasteiger partial charge in [-0.15, -0.1) is 0 Å². The van der Waals surface area contributed by atoms with E-state index in [1.54, 1.807) is 33.1 Å². The van der Waals surface area contributed by atoms with Crippen molar-refractivity contribution in [3.63, 3.8) is 0 Å². The minimum atomic E-state index is -3.71. The molecule has 0 spiro atoms. The molecule has 2 aliphatic rings. The molecule has 0 bridgehead atoms. The fourth-order valence-electron chi connectivity index (χ4n) is 4.75. The third kappa shape index (κ3) is 4.56. The fourth-order valence-corrected chi connectivity index (χ4v) is 8.20. The lowest BCUT2D eigenvalue weighted by Crippen LogP contribution is -2.49. The first kappa shape index (κ1) is 23.8. The molecule has 2 heterocycles. The predicted molar refractivity (Wildman–Crippen MR) is 130 cm³/mol. The Hall–Kier alpha value is -2.30. The Morgan fingerprint density at radius 2 is 1.55 bits per heavy atom. The molecule has 0 atom stereocenters. The van der Waals surface area contributed by atoms with Crippen molar-refractivity contribution in [3.05, 3.63) is 47.5 Å². The summed E-state index contributed by atoms with van der Waals surface area (Å²) in [5, 5.41) is 0. The number of hydrogen-bond donors (Lipinski definition) is 0. The van der Waals surface area contributed by atoms with Crippen LogP contribution in [0.25, 0.3) is 0 Å². The normalized spacial score (nSPS) is 19.5. The van der Waals surface area contributed by atoms with E-state index in [0.717, 1.165) is 17.9 Å². The largest absolute Gasteiger partial charge is 0.495 e. The van der Waals surface area contributed by atoms with Crippen LogP contribution in [-0.2, 0) is 20.0 Å². The van der Waals surface area contributed by atoms with Gasteiger partial charge in [-0.25, -0.2) is 16.8 Å². The molecule has 2 aromatic carbocycles. The third-order valence-corrected chi connectivity index (χ3v) is 10.4. The van der Waals surface area contributed by atoms with Gasteiger partial charge in [0.05, 0.1) is 29.1 Å². The van der Waals surface area contributed by atoms with Crippen LogP contribution < -0.4 is 13.9 Å². The number of ether oxygens (including phenoxy) is 1. The van der Waals surface area contributed by atoms with E-state index in [-0.39, 0.29) is 10.6 Å². The smallest absolute Gasteiger partial charge is 0.243 e. The van der Waals surface area contributed by atoms with Crippen molar-refractivity contribution < 1.29 is 21.6 Å². The second kappa shape index (κ2) is 9.15. The minimum Gasteiger partial charge on any atom is -0.495 e. The van der Waals surface area contributed by atoms with Gasteiger partial charge < -0.3 is 9.64 Å². The molecule has 2 fully saturated rings. The molecule has 4 rings (SSSR count). The Kier molecular flexibility index (Phi) is 6.61. The maximum Gasteiger partial charge on any atom is 0.243 e. The average Bonchev–Trinajstić information content (AvgIpc) is 2.78. The van der Waals surface area contributed by atoms with E-state index in [9.17, 15) is 16.8 Å². The standard InChI is InChI=1S/C23H31N3O5S2/c1-18-16-20(26-10-6-7-15-32(26,27)28)17-19(2)23(18)33(29,30)25-13-11-24(12-14-25)21-8-4-5-9-22(21)31-3/h4-5,8-9,16-17H,6-7,10-15H2,1-3H3. The summed E-state index contributed by atoms with van der Waals surface area (Å²) < 4.78 is 60.5. The summed E-state index contributed by atoms with van der Waals surface area (Å²) in [4.78, 5) is 2.40. The SMILES string of the molecule is COc1ccccc1N1CCN(S(=O)(=O)c2c(C)cc(N3CCCCS3(=O)=O)cc2C)CC1. The zero-order chi connectivity index (χ0) is 23.8. The fraction of sp³-hybridized carbons (Fsp3) is 0.478. The molecule has 2 saturated heterocycles. The van der Waals surface area contributed by atoms with Gasteiger partial charge in [-0.1, -0.05) is 12.1 Å². The molecule has 0 radical (unpaired) electrons. The van der Waals surface area contributed by atoms with Gasteiger partial charge in [0.25, 0.3) is 0 Å². The molecule has 0 unspecified atom stereocenters. The van der Waals surface area contributed by atoms with Gasteiger partial charge in [0, 0.05) is 32.7 Å². The van der Waals surface area contributed by atoms with E-state index < -0.39 is 20.0 Å². The highest BCUT2D eigenvalue weighted by Crippen LogP contribution is 2.33. The highest BCUT2D eigenvalue weighted by molar-refractivity contribution is 7.92. The Balaban J connectivity index is 1.57. The van der Waals surface area contributed by atoms with E-state index >= 15 is 0 Å². The Morgan fingerprint density at radius 3 is 2.15 bits per heavy atom. The minimum absolute atomic E-state index is 0.127. The number of nitrogens with zero attached hydrogens (tertiary/aromatic N) is 3. The van der Waals surface area contributed by atoms with Crippen molar-refractivity contribution in [2.24, 2.45) is 0 Å². The Labute approximate surface area is 196 Å². The van der Waals surface area contributed by atoms with E-state index in [1.807, 2.05) is 24.3 Å².